The molecule has 1 N–H and O–H groups in total. The molecule has 0 aromatic heterocycles. The van der Waals surface area contributed by atoms with Gasteiger partial charge in [-0.3, -0.25) is 4.90 Å². The van der Waals surface area contributed by atoms with Crippen molar-refractivity contribution in [3.63, 3.8) is 0 Å². The molecule has 2 aliphatic carbocycles. The average Bonchev–Trinajstić information content (AvgIpc) is 3.14. The quantitative estimate of drug-likeness (QED) is 0.809. The van der Waals surface area contributed by atoms with E-state index in [-0.39, 0.29) is 0 Å². The number of nitrogens with zero attached hydrogens (tertiary/aromatic N) is 1. The van der Waals surface area contributed by atoms with Crippen LogP contribution in [-0.2, 0) is 0 Å². The van der Waals surface area contributed by atoms with Gasteiger partial charge < -0.3 is 5.32 Å². The third-order valence-corrected chi connectivity index (χ3v) is 6.14. The molecule has 92 valence electrons. The van der Waals surface area contributed by atoms with Crippen molar-refractivity contribution in [2.24, 2.45) is 5.92 Å². The van der Waals surface area contributed by atoms with Gasteiger partial charge in [-0.1, -0.05) is 0 Å². The van der Waals surface area contributed by atoms with Crippen LogP contribution in [0.2, 0.25) is 0 Å². The van der Waals surface area contributed by atoms with Gasteiger partial charge in [-0.15, -0.1) is 0 Å². The van der Waals surface area contributed by atoms with Crippen molar-refractivity contribution in [2.75, 3.05) is 32.4 Å². The molecule has 2 nitrogen and oxygen atoms in total. The van der Waals surface area contributed by atoms with E-state index >= 15 is 0 Å². The van der Waals surface area contributed by atoms with Crippen molar-refractivity contribution in [1.29, 1.82) is 0 Å². The summed E-state index contributed by atoms with van der Waals surface area (Å²) < 4.78 is 0.641. The molecule has 3 fully saturated rings. The van der Waals surface area contributed by atoms with Gasteiger partial charge in [-0.25, -0.2) is 0 Å². The number of rotatable bonds is 4. The number of hydrogen-bond donors (Lipinski definition) is 1. The maximum atomic E-state index is 3.76. The summed E-state index contributed by atoms with van der Waals surface area (Å²) in [6.45, 7) is 7.50. The van der Waals surface area contributed by atoms with Crippen LogP contribution in [0.5, 0.6) is 0 Å². The van der Waals surface area contributed by atoms with Gasteiger partial charge in [0.25, 0.3) is 0 Å². The van der Waals surface area contributed by atoms with E-state index in [1.807, 2.05) is 0 Å². The number of hydrogen-bond acceptors (Lipinski definition) is 3. The molecule has 16 heavy (non-hydrogen) atoms. The molecule has 1 unspecified atom stereocenters. The first-order chi connectivity index (χ1) is 7.66. The summed E-state index contributed by atoms with van der Waals surface area (Å²) in [5.74, 6) is 0.958. The zero-order chi connectivity index (χ0) is 11.2. The van der Waals surface area contributed by atoms with Crippen molar-refractivity contribution in [2.45, 2.75) is 42.9 Å². The van der Waals surface area contributed by atoms with Crippen LogP contribution in [0.1, 0.15) is 32.6 Å². The highest BCUT2D eigenvalue weighted by Gasteiger charge is 2.47. The minimum Gasteiger partial charge on any atom is -0.309 e. The average molecular weight is 240 g/mol. The Balaban J connectivity index is 1.59. The van der Waals surface area contributed by atoms with Crippen LogP contribution < -0.4 is 5.32 Å². The van der Waals surface area contributed by atoms with Crippen LogP contribution in [0.4, 0.5) is 0 Å². The summed E-state index contributed by atoms with van der Waals surface area (Å²) in [6, 6.07) is 0. The van der Waals surface area contributed by atoms with Gasteiger partial charge in [-0.05, 0) is 44.8 Å². The Morgan fingerprint density at radius 2 is 2.12 bits per heavy atom. The van der Waals surface area contributed by atoms with Gasteiger partial charge in [0.05, 0.1) is 0 Å². The first-order valence-electron chi connectivity index (χ1n) is 6.68. The fraction of sp³-hybridized carbons (Fsp3) is 1.00. The Kier molecular flexibility index (Phi) is 2.76. The smallest absolute Gasteiger partial charge is 0.0309 e. The lowest BCUT2D eigenvalue weighted by molar-refractivity contribution is 0.126. The highest BCUT2D eigenvalue weighted by atomic mass is 32.2. The molecule has 1 saturated heterocycles. The SMILES string of the molecule is CSC1(CN2CCNC(C)(C3CC3)C2)CC1. The fourth-order valence-corrected chi connectivity index (χ4v) is 4.02. The first-order valence-corrected chi connectivity index (χ1v) is 7.91. The maximum Gasteiger partial charge on any atom is 0.0309 e. The highest BCUT2D eigenvalue weighted by Crippen LogP contribution is 2.48. The van der Waals surface area contributed by atoms with E-state index in [4.69, 9.17) is 0 Å². The van der Waals surface area contributed by atoms with Gasteiger partial charge in [0, 0.05) is 36.5 Å². The van der Waals surface area contributed by atoms with Crippen molar-refractivity contribution in [3.8, 4) is 0 Å². The van der Waals surface area contributed by atoms with E-state index in [9.17, 15) is 0 Å². The zero-order valence-corrected chi connectivity index (χ0v) is 11.4. The lowest BCUT2D eigenvalue weighted by Crippen LogP contribution is -2.60. The molecule has 3 heteroatoms. The van der Waals surface area contributed by atoms with Crippen LogP contribution in [0.25, 0.3) is 0 Å². The van der Waals surface area contributed by atoms with E-state index in [0.29, 0.717) is 10.3 Å². The second kappa shape index (κ2) is 3.89. The minimum absolute atomic E-state index is 0.423. The standard InChI is InChI=1S/C13H24N2S/c1-12(11-3-4-11)9-15(8-7-14-12)10-13(16-2)5-6-13/h11,14H,3-10H2,1-2H3. The van der Waals surface area contributed by atoms with E-state index in [1.54, 1.807) is 0 Å². The topological polar surface area (TPSA) is 15.3 Å². The molecule has 0 bridgehead atoms. The molecule has 1 aliphatic heterocycles. The molecule has 1 atom stereocenters. The summed E-state index contributed by atoms with van der Waals surface area (Å²) in [6.07, 6.45) is 8.07. The van der Waals surface area contributed by atoms with Crippen LogP contribution >= 0.6 is 11.8 Å². The minimum atomic E-state index is 0.423. The fourth-order valence-electron chi connectivity index (χ4n) is 3.20. The monoisotopic (exact) mass is 240 g/mol. The molecule has 0 amide bonds. The van der Waals surface area contributed by atoms with E-state index in [0.717, 1.165) is 5.92 Å². The number of nitrogens with one attached hydrogen (secondary N) is 1. The predicted octanol–water partition coefficient (Wildman–Crippen LogP) is 1.96. The van der Waals surface area contributed by atoms with E-state index in [1.165, 1.54) is 51.9 Å². The van der Waals surface area contributed by atoms with Crippen LogP contribution in [-0.4, -0.2) is 47.6 Å². The molecule has 3 aliphatic rings. The normalized spacial score (nSPS) is 38.6. The third kappa shape index (κ3) is 2.14. The Hall–Kier alpha value is 0.270. The molecule has 0 spiro atoms. The Bertz CT molecular complexity index is 273. The Labute approximate surface area is 104 Å². The second-order valence-electron chi connectivity index (χ2n) is 6.22. The third-order valence-electron chi connectivity index (χ3n) is 4.74. The van der Waals surface area contributed by atoms with Gasteiger partial charge in [0.2, 0.25) is 0 Å². The number of piperazine rings is 1. The number of thioether (sulfide) groups is 1. The van der Waals surface area contributed by atoms with Gasteiger partial charge in [0.1, 0.15) is 0 Å². The van der Waals surface area contributed by atoms with Crippen molar-refractivity contribution >= 4 is 11.8 Å². The summed E-state index contributed by atoms with van der Waals surface area (Å²) in [4.78, 5) is 2.72. The molecule has 2 saturated carbocycles. The van der Waals surface area contributed by atoms with Crippen LogP contribution in [0, 0.1) is 5.92 Å². The van der Waals surface area contributed by atoms with Crippen molar-refractivity contribution in [3.05, 3.63) is 0 Å². The summed E-state index contributed by atoms with van der Waals surface area (Å²) in [7, 11) is 0. The molecule has 0 aromatic rings. The Morgan fingerprint density at radius 1 is 1.38 bits per heavy atom. The first kappa shape index (κ1) is 11.4. The predicted molar refractivity (Wildman–Crippen MR) is 71.1 cm³/mol. The summed E-state index contributed by atoms with van der Waals surface area (Å²) in [5.41, 5.74) is 0.423. The van der Waals surface area contributed by atoms with Gasteiger partial charge in [-0.2, -0.15) is 11.8 Å². The van der Waals surface area contributed by atoms with Crippen molar-refractivity contribution in [1.82, 2.24) is 10.2 Å². The van der Waals surface area contributed by atoms with E-state index < -0.39 is 0 Å². The molecule has 0 radical (unpaired) electrons. The molecular formula is C13H24N2S. The largest absolute Gasteiger partial charge is 0.309 e. The lowest BCUT2D eigenvalue weighted by Gasteiger charge is -2.43. The second-order valence-corrected chi connectivity index (χ2v) is 7.49. The summed E-state index contributed by atoms with van der Waals surface area (Å²) in [5, 5.41) is 3.76. The molecule has 1 heterocycles. The van der Waals surface area contributed by atoms with Crippen LogP contribution in [0.15, 0.2) is 0 Å². The van der Waals surface area contributed by atoms with Gasteiger partial charge >= 0.3 is 0 Å². The highest BCUT2D eigenvalue weighted by molar-refractivity contribution is 8.00. The van der Waals surface area contributed by atoms with Crippen molar-refractivity contribution < 1.29 is 0 Å². The maximum absolute atomic E-state index is 3.76. The van der Waals surface area contributed by atoms with E-state index in [2.05, 4.69) is 35.2 Å². The lowest BCUT2D eigenvalue weighted by atomic mass is 9.93. The van der Waals surface area contributed by atoms with Crippen LogP contribution in [0.3, 0.4) is 0 Å². The van der Waals surface area contributed by atoms with Gasteiger partial charge in [0.15, 0.2) is 0 Å². The molecular weight excluding hydrogens is 216 g/mol. The Morgan fingerprint density at radius 3 is 2.69 bits per heavy atom. The zero-order valence-electron chi connectivity index (χ0n) is 10.6. The summed E-state index contributed by atoms with van der Waals surface area (Å²) >= 11 is 2.09. The molecule has 0 aromatic carbocycles. The molecule has 3 rings (SSSR count).